The van der Waals surface area contributed by atoms with E-state index in [2.05, 4.69) is 11.8 Å². The fourth-order valence-corrected chi connectivity index (χ4v) is 5.99. The molecule has 4 atom stereocenters. The molecule has 2 bridgehead atoms. The molecule has 1 aliphatic carbocycles. The topological polar surface area (TPSA) is 49.9 Å². The number of carbonyl (C=O) groups excluding carboxylic acids is 2. The van der Waals surface area contributed by atoms with Gasteiger partial charge >= 0.3 is 0 Å². The Hall–Kier alpha value is -2.04. The van der Waals surface area contributed by atoms with Crippen LogP contribution in [-0.4, -0.2) is 52.9 Å². The van der Waals surface area contributed by atoms with Crippen LogP contribution in [0.4, 0.5) is 0 Å². The van der Waals surface area contributed by atoms with E-state index in [1.54, 1.807) is 6.92 Å². The highest BCUT2D eigenvalue weighted by Crippen LogP contribution is 2.54. The van der Waals surface area contributed by atoms with E-state index in [0.717, 1.165) is 42.6 Å². The average molecular weight is 370 g/mol. The van der Waals surface area contributed by atoms with Gasteiger partial charge in [-0.05, 0) is 50.7 Å². The fraction of sp³-hybridized carbons (Fsp3) is 0.636. The number of ether oxygens (including phenoxy) is 1. The number of likely N-dealkylation sites (tertiary alicyclic amines) is 2. The van der Waals surface area contributed by atoms with Crippen LogP contribution in [0.2, 0.25) is 0 Å². The third-order valence-electron chi connectivity index (χ3n) is 7.10. The maximum Gasteiger partial charge on any atom is 0.260 e. The molecule has 2 aliphatic heterocycles. The van der Waals surface area contributed by atoms with Gasteiger partial charge in [0.25, 0.3) is 5.91 Å². The van der Waals surface area contributed by atoms with Crippen molar-refractivity contribution in [2.45, 2.75) is 71.5 Å². The summed E-state index contributed by atoms with van der Waals surface area (Å²) < 4.78 is 5.95. The number of hydrogen-bond donors (Lipinski definition) is 0. The predicted octanol–water partition coefficient (Wildman–Crippen LogP) is 3.07. The number of piperidine rings is 1. The minimum absolute atomic E-state index is 0.0150. The van der Waals surface area contributed by atoms with E-state index >= 15 is 0 Å². The summed E-state index contributed by atoms with van der Waals surface area (Å²) in [4.78, 5) is 29.5. The molecule has 5 heteroatoms. The number of para-hydroxylation sites is 1. The predicted molar refractivity (Wildman–Crippen MR) is 104 cm³/mol. The van der Waals surface area contributed by atoms with Gasteiger partial charge in [-0.1, -0.05) is 25.1 Å². The second kappa shape index (κ2) is 6.54. The molecule has 27 heavy (non-hydrogen) atoms. The van der Waals surface area contributed by atoms with E-state index in [-0.39, 0.29) is 42.0 Å². The van der Waals surface area contributed by atoms with Gasteiger partial charge in [0, 0.05) is 31.0 Å². The number of aryl methyl sites for hydroxylation is 2. The summed E-state index contributed by atoms with van der Waals surface area (Å²) in [6.07, 6.45) is 4.18. The van der Waals surface area contributed by atoms with Gasteiger partial charge in [0.05, 0.1) is 6.04 Å². The minimum Gasteiger partial charge on any atom is -0.483 e. The smallest absolute Gasteiger partial charge is 0.260 e. The summed E-state index contributed by atoms with van der Waals surface area (Å²) in [5.74, 6) is 1.00. The number of fused-ring (bicyclic) bond motifs is 1. The van der Waals surface area contributed by atoms with Crippen molar-refractivity contribution in [2.75, 3.05) is 13.2 Å². The Morgan fingerprint density at radius 3 is 2.52 bits per heavy atom. The lowest BCUT2D eigenvalue weighted by molar-refractivity contribution is -0.142. The van der Waals surface area contributed by atoms with Gasteiger partial charge in [0.2, 0.25) is 5.91 Å². The third-order valence-corrected chi connectivity index (χ3v) is 7.10. The monoisotopic (exact) mass is 370 g/mol. The average Bonchev–Trinajstić information content (AvgIpc) is 2.90. The second-order valence-electron chi connectivity index (χ2n) is 8.81. The van der Waals surface area contributed by atoms with Gasteiger partial charge in [-0.25, -0.2) is 0 Å². The summed E-state index contributed by atoms with van der Waals surface area (Å²) in [6, 6.07) is 6.65. The first kappa shape index (κ1) is 18.3. The molecular weight excluding hydrogens is 340 g/mol. The summed E-state index contributed by atoms with van der Waals surface area (Å²) in [6.45, 7) is 8.67. The van der Waals surface area contributed by atoms with Gasteiger partial charge < -0.3 is 14.5 Å². The van der Waals surface area contributed by atoms with E-state index in [1.807, 2.05) is 36.9 Å². The Bertz CT molecular complexity index is 757. The fourth-order valence-electron chi connectivity index (χ4n) is 5.99. The van der Waals surface area contributed by atoms with Crippen molar-refractivity contribution in [1.29, 1.82) is 0 Å². The molecule has 146 valence electrons. The largest absolute Gasteiger partial charge is 0.483 e. The van der Waals surface area contributed by atoms with Crippen molar-refractivity contribution in [3.05, 3.63) is 29.3 Å². The third kappa shape index (κ3) is 2.82. The zero-order chi connectivity index (χ0) is 19.3. The Balaban J connectivity index is 1.54. The molecule has 3 fully saturated rings. The van der Waals surface area contributed by atoms with E-state index in [0.29, 0.717) is 6.54 Å². The standard InChI is InChI=1S/C22H30N2O3/c1-14-7-5-8-15(2)21(14)27-13-20(26)23-12-17-11-22(4)18(23)9-6-10-19(22)24(17)16(3)25/h5,7-8,17-19H,6,9-13H2,1-4H3/t17-,18+,19-,22+/m0/s1. The first-order chi connectivity index (χ1) is 12.8. The van der Waals surface area contributed by atoms with Crippen LogP contribution in [0, 0.1) is 19.3 Å². The molecule has 0 spiro atoms. The van der Waals surface area contributed by atoms with Crippen molar-refractivity contribution in [3.8, 4) is 5.75 Å². The maximum absolute atomic E-state index is 13.1. The van der Waals surface area contributed by atoms with Gasteiger partial charge in [-0.2, -0.15) is 0 Å². The van der Waals surface area contributed by atoms with Gasteiger partial charge in [-0.3, -0.25) is 9.59 Å². The molecule has 5 nitrogen and oxygen atoms in total. The number of benzene rings is 1. The molecule has 0 unspecified atom stereocenters. The molecular formula is C22H30N2O3. The Labute approximate surface area is 161 Å². The molecule has 1 aromatic carbocycles. The van der Waals surface area contributed by atoms with Crippen molar-refractivity contribution >= 4 is 11.8 Å². The van der Waals surface area contributed by atoms with Crippen LogP contribution < -0.4 is 4.74 Å². The van der Waals surface area contributed by atoms with Crippen LogP contribution in [-0.2, 0) is 9.59 Å². The zero-order valence-electron chi connectivity index (χ0n) is 16.8. The summed E-state index contributed by atoms with van der Waals surface area (Å²) in [7, 11) is 0. The van der Waals surface area contributed by atoms with Crippen LogP contribution >= 0.6 is 0 Å². The van der Waals surface area contributed by atoms with Crippen molar-refractivity contribution in [1.82, 2.24) is 9.80 Å². The van der Waals surface area contributed by atoms with Gasteiger partial charge in [0.15, 0.2) is 6.61 Å². The number of carbonyl (C=O) groups is 2. The second-order valence-corrected chi connectivity index (χ2v) is 8.81. The molecule has 0 aromatic heterocycles. The molecule has 0 N–H and O–H groups in total. The highest BCUT2D eigenvalue weighted by atomic mass is 16.5. The molecule has 1 aromatic rings. The van der Waals surface area contributed by atoms with Crippen LogP contribution in [0.1, 0.15) is 50.7 Å². The molecule has 3 aliphatic rings. The first-order valence-electron chi connectivity index (χ1n) is 10.1. The first-order valence-corrected chi connectivity index (χ1v) is 10.1. The Morgan fingerprint density at radius 1 is 1.19 bits per heavy atom. The summed E-state index contributed by atoms with van der Waals surface area (Å²) in [5, 5.41) is 0. The molecule has 4 rings (SSSR count). The normalized spacial score (nSPS) is 31.8. The lowest BCUT2D eigenvalue weighted by Gasteiger charge is -2.49. The summed E-state index contributed by atoms with van der Waals surface area (Å²) in [5.41, 5.74) is 2.11. The van der Waals surface area contributed by atoms with E-state index in [4.69, 9.17) is 4.74 Å². The van der Waals surface area contributed by atoms with Crippen LogP contribution in [0.25, 0.3) is 0 Å². The van der Waals surface area contributed by atoms with Crippen LogP contribution in [0.5, 0.6) is 5.75 Å². The van der Waals surface area contributed by atoms with Crippen molar-refractivity contribution < 1.29 is 14.3 Å². The number of nitrogens with zero attached hydrogens (tertiary/aromatic N) is 2. The van der Waals surface area contributed by atoms with Crippen molar-refractivity contribution in [2.24, 2.45) is 5.41 Å². The van der Waals surface area contributed by atoms with Gasteiger partial charge in [-0.15, -0.1) is 0 Å². The SMILES string of the molecule is CC(=O)N1[C@@H]2CN(C(=O)COc3c(C)cccc3C)[C@@H]3CCC[C@H]1[C@]3(C)C2. The van der Waals surface area contributed by atoms with E-state index < -0.39 is 0 Å². The maximum atomic E-state index is 13.1. The molecule has 0 radical (unpaired) electrons. The van der Waals surface area contributed by atoms with Gasteiger partial charge in [0.1, 0.15) is 5.75 Å². The highest BCUT2D eigenvalue weighted by Gasteiger charge is 2.61. The molecule has 1 saturated carbocycles. The van der Waals surface area contributed by atoms with E-state index in [1.165, 1.54) is 0 Å². The molecule has 2 heterocycles. The lowest BCUT2D eigenvalue weighted by Crippen LogP contribution is -2.58. The zero-order valence-corrected chi connectivity index (χ0v) is 16.8. The van der Waals surface area contributed by atoms with E-state index in [9.17, 15) is 9.59 Å². The van der Waals surface area contributed by atoms with Crippen molar-refractivity contribution in [3.63, 3.8) is 0 Å². The quantitative estimate of drug-likeness (QED) is 0.822. The minimum atomic E-state index is 0.0150. The molecule has 2 amide bonds. The Morgan fingerprint density at radius 2 is 1.85 bits per heavy atom. The number of hydrogen-bond acceptors (Lipinski definition) is 3. The lowest BCUT2D eigenvalue weighted by atomic mass is 9.66. The molecule has 2 saturated heterocycles. The number of rotatable bonds is 3. The summed E-state index contributed by atoms with van der Waals surface area (Å²) >= 11 is 0. The number of amides is 2. The van der Waals surface area contributed by atoms with Crippen LogP contribution in [0.3, 0.4) is 0 Å². The van der Waals surface area contributed by atoms with Crippen LogP contribution in [0.15, 0.2) is 18.2 Å². The highest BCUT2D eigenvalue weighted by molar-refractivity contribution is 5.80. The Kier molecular flexibility index (Phi) is 4.44.